The molecule has 0 saturated carbocycles. The van der Waals surface area contributed by atoms with Gasteiger partial charge in [-0.3, -0.25) is 0 Å². The van der Waals surface area contributed by atoms with Crippen LogP contribution in [0.5, 0.6) is 0 Å². The lowest BCUT2D eigenvalue weighted by Crippen LogP contribution is -2.08. The smallest absolute Gasteiger partial charge is 0.227 e. The van der Waals surface area contributed by atoms with Crippen molar-refractivity contribution < 1.29 is 0 Å². The summed E-state index contributed by atoms with van der Waals surface area (Å²) in [5.74, 6) is 1.27. The Morgan fingerprint density at radius 3 is 2.50 bits per heavy atom. The van der Waals surface area contributed by atoms with Gasteiger partial charge in [0.05, 0.1) is 0 Å². The Labute approximate surface area is 84.4 Å². The van der Waals surface area contributed by atoms with E-state index >= 15 is 0 Å². The van der Waals surface area contributed by atoms with Crippen LogP contribution < -0.4 is 10.6 Å². The first-order valence-corrected chi connectivity index (χ1v) is 5.03. The molecule has 0 atom stereocenters. The first kappa shape index (κ1) is 10.7. The van der Waals surface area contributed by atoms with Crippen molar-refractivity contribution in [3.05, 3.63) is 6.33 Å². The zero-order valence-corrected chi connectivity index (χ0v) is 8.75. The first-order valence-electron chi connectivity index (χ1n) is 5.03. The number of unbranched alkanes of at least 4 members (excludes halogenated alkanes) is 1. The van der Waals surface area contributed by atoms with E-state index in [1.54, 1.807) is 0 Å². The number of hydrogen-bond donors (Lipinski definition) is 2. The van der Waals surface area contributed by atoms with Gasteiger partial charge in [-0.25, -0.2) is 9.97 Å². The molecule has 0 spiro atoms. The lowest BCUT2D eigenvalue weighted by atomic mass is 10.3. The number of hydrogen-bond acceptors (Lipinski definition) is 5. The second kappa shape index (κ2) is 6.12. The summed E-state index contributed by atoms with van der Waals surface area (Å²) in [6, 6.07) is 0. The van der Waals surface area contributed by atoms with Crippen molar-refractivity contribution in [3.8, 4) is 0 Å². The Bertz CT molecular complexity index is 263. The van der Waals surface area contributed by atoms with E-state index in [2.05, 4.69) is 32.5 Å². The number of nitrogens with zero attached hydrogens (tertiary/aromatic N) is 3. The van der Waals surface area contributed by atoms with Gasteiger partial charge in [0, 0.05) is 13.1 Å². The standard InChI is InChI=1S/C9H17N5/c1-3-5-6-11-9-13-7-12-8(14-9)10-4-2/h7H,3-6H2,1-2H3,(H2,10,11,12,13,14). The molecule has 1 heterocycles. The van der Waals surface area contributed by atoms with Gasteiger partial charge in [-0.15, -0.1) is 0 Å². The SMILES string of the molecule is CCCCNc1ncnc(NCC)n1. The molecule has 0 saturated heterocycles. The van der Waals surface area contributed by atoms with Crippen LogP contribution in [-0.4, -0.2) is 28.0 Å². The molecule has 0 amide bonds. The van der Waals surface area contributed by atoms with E-state index in [-0.39, 0.29) is 0 Å². The predicted molar refractivity (Wildman–Crippen MR) is 57.4 cm³/mol. The second-order valence-electron chi connectivity index (χ2n) is 2.94. The molecule has 5 heteroatoms. The highest BCUT2D eigenvalue weighted by Crippen LogP contribution is 2.01. The van der Waals surface area contributed by atoms with Crippen LogP contribution in [-0.2, 0) is 0 Å². The summed E-state index contributed by atoms with van der Waals surface area (Å²) in [5.41, 5.74) is 0. The fraction of sp³-hybridized carbons (Fsp3) is 0.667. The third-order valence-corrected chi connectivity index (χ3v) is 1.72. The molecule has 2 N–H and O–H groups in total. The molecule has 0 radical (unpaired) electrons. The summed E-state index contributed by atoms with van der Waals surface area (Å²) in [7, 11) is 0. The lowest BCUT2D eigenvalue weighted by molar-refractivity contribution is 0.824. The molecule has 0 unspecified atom stereocenters. The molecule has 0 aromatic carbocycles. The maximum atomic E-state index is 4.19. The van der Waals surface area contributed by atoms with E-state index in [1.165, 1.54) is 6.33 Å². The zero-order valence-electron chi connectivity index (χ0n) is 8.75. The minimum Gasteiger partial charge on any atom is -0.354 e. The summed E-state index contributed by atoms with van der Waals surface area (Å²) in [4.78, 5) is 12.2. The van der Waals surface area contributed by atoms with E-state index in [1.807, 2.05) is 6.92 Å². The summed E-state index contributed by atoms with van der Waals surface area (Å²) in [5, 5.41) is 6.18. The molecule has 5 nitrogen and oxygen atoms in total. The van der Waals surface area contributed by atoms with Gasteiger partial charge in [-0.2, -0.15) is 4.98 Å². The van der Waals surface area contributed by atoms with Crippen molar-refractivity contribution >= 4 is 11.9 Å². The summed E-state index contributed by atoms with van der Waals surface area (Å²) in [6.07, 6.45) is 3.81. The maximum Gasteiger partial charge on any atom is 0.227 e. The number of rotatable bonds is 6. The van der Waals surface area contributed by atoms with Crippen molar-refractivity contribution in [1.29, 1.82) is 0 Å². The normalized spacial score (nSPS) is 9.86. The van der Waals surface area contributed by atoms with Gasteiger partial charge in [0.1, 0.15) is 6.33 Å². The third-order valence-electron chi connectivity index (χ3n) is 1.72. The third kappa shape index (κ3) is 3.55. The van der Waals surface area contributed by atoms with Crippen molar-refractivity contribution in [2.75, 3.05) is 23.7 Å². The summed E-state index contributed by atoms with van der Waals surface area (Å²) in [6.45, 7) is 5.89. The number of nitrogens with one attached hydrogen (secondary N) is 2. The van der Waals surface area contributed by atoms with Gasteiger partial charge in [0.25, 0.3) is 0 Å². The average molecular weight is 195 g/mol. The van der Waals surface area contributed by atoms with Gasteiger partial charge < -0.3 is 10.6 Å². The van der Waals surface area contributed by atoms with Crippen LogP contribution in [0.2, 0.25) is 0 Å². The highest BCUT2D eigenvalue weighted by molar-refractivity contribution is 5.32. The highest BCUT2D eigenvalue weighted by Gasteiger charge is 1.97. The fourth-order valence-corrected chi connectivity index (χ4v) is 1.00. The lowest BCUT2D eigenvalue weighted by Gasteiger charge is -2.04. The van der Waals surface area contributed by atoms with Gasteiger partial charge in [0.2, 0.25) is 11.9 Å². The van der Waals surface area contributed by atoms with E-state index in [0.717, 1.165) is 25.9 Å². The topological polar surface area (TPSA) is 62.7 Å². The molecule has 0 aliphatic carbocycles. The molecular weight excluding hydrogens is 178 g/mol. The van der Waals surface area contributed by atoms with Crippen molar-refractivity contribution in [2.45, 2.75) is 26.7 Å². The van der Waals surface area contributed by atoms with Crippen LogP contribution in [0.1, 0.15) is 26.7 Å². The highest BCUT2D eigenvalue weighted by atomic mass is 15.2. The van der Waals surface area contributed by atoms with Gasteiger partial charge in [-0.05, 0) is 13.3 Å². The Kier molecular flexibility index (Phi) is 4.68. The first-order chi connectivity index (χ1) is 6.86. The molecular formula is C9H17N5. The van der Waals surface area contributed by atoms with E-state index in [9.17, 15) is 0 Å². The number of anilines is 2. The molecule has 1 aromatic heterocycles. The van der Waals surface area contributed by atoms with Crippen LogP contribution in [0.4, 0.5) is 11.9 Å². The van der Waals surface area contributed by atoms with Gasteiger partial charge >= 0.3 is 0 Å². The second-order valence-corrected chi connectivity index (χ2v) is 2.94. The average Bonchev–Trinajstić information content (AvgIpc) is 2.19. The molecule has 0 fully saturated rings. The molecule has 0 aliphatic rings. The Morgan fingerprint density at radius 2 is 1.86 bits per heavy atom. The van der Waals surface area contributed by atoms with E-state index < -0.39 is 0 Å². The predicted octanol–water partition coefficient (Wildman–Crippen LogP) is 1.52. The van der Waals surface area contributed by atoms with Gasteiger partial charge in [-0.1, -0.05) is 13.3 Å². The minimum atomic E-state index is 0.626. The van der Waals surface area contributed by atoms with Crippen LogP contribution in [0.25, 0.3) is 0 Å². The molecule has 14 heavy (non-hydrogen) atoms. The van der Waals surface area contributed by atoms with E-state index in [4.69, 9.17) is 0 Å². The fourth-order valence-electron chi connectivity index (χ4n) is 1.00. The maximum absolute atomic E-state index is 4.19. The van der Waals surface area contributed by atoms with Crippen molar-refractivity contribution in [2.24, 2.45) is 0 Å². The van der Waals surface area contributed by atoms with Crippen molar-refractivity contribution in [3.63, 3.8) is 0 Å². The quantitative estimate of drug-likeness (QED) is 0.674. The molecule has 0 bridgehead atoms. The molecule has 1 aromatic rings. The monoisotopic (exact) mass is 195 g/mol. The molecule has 78 valence electrons. The zero-order chi connectivity index (χ0) is 10.2. The summed E-state index contributed by atoms with van der Waals surface area (Å²) < 4.78 is 0. The van der Waals surface area contributed by atoms with Crippen LogP contribution in [0.3, 0.4) is 0 Å². The van der Waals surface area contributed by atoms with Crippen LogP contribution >= 0.6 is 0 Å². The van der Waals surface area contributed by atoms with E-state index in [0.29, 0.717) is 11.9 Å². The Hall–Kier alpha value is -1.39. The number of aromatic nitrogens is 3. The van der Waals surface area contributed by atoms with Crippen LogP contribution in [0.15, 0.2) is 6.33 Å². The molecule has 0 aliphatic heterocycles. The van der Waals surface area contributed by atoms with Crippen molar-refractivity contribution in [1.82, 2.24) is 15.0 Å². The largest absolute Gasteiger partial charge is 0.354 e. The van der Waals surface area contributed by atoms with Gasteiger partial charge in [0.15, 0.2) is 0 Å². The Balaban J connectivity index is 2.46. The Morgan fingerprint density at radius 1 is 1.14 bits per heavy atom. The minimum absolute atomic E-state index is 0.626. The van der Waals surface area contributed by atoms with Crippen LogP contribution in [0, 0.1) is 0 Å². The summed E-state index contributed by atoms with van der Waals surface area (Å²) >= 11 is 0. The molecule has 1 rings (SSSR count).